The second kappa shape index (κ2) is 3.25. The molecule has 1 heteroatoms. The van der Waals surface area contributed by atoms with Crippen molar-refractivity contribution in [3.8, 4) is 0 Å². The van der Waals surface area contributed by atoms with Crippen molar-refractivity contribution in [3.63, 3.8) is 0 Å². The zero-order valence-corrected chi connectivity index (χ0v) is 10.5. The smallest absolute Gasteiger partial charge is 0.0212 e. The Morgan fingerprint density at radius 2 is 1.44 bits per heavy atom. The highest BCUT2D eigenvalue weighted by Gasteiger charge is 2.56. The number of rotatable bonds is 2. The minimum atomic E-state index is 0.586. The summed E-state index contributed by atoms with van der Waals surface area (Å²) in [6.45, 7) is 0. The summed E-state index contributed by atoms with van der Waals surface area (Å²) >= 11 is 0. The molecule has 16 heavy (non-hydrogen) atoms. The van der Waals surface area contributed by atoms with E-state index in [0.717, 1.165) is 29.6 Å². The Kier molecular flexibility index (Phi) is 2.02. The lowest BCUT2D eigenvalue weighted by atomic mass is 9.45. The van der Waals surface area contributed by atoms with Gasteiger partial charge >= 0.3 is 0 Å². The maximum absolute atomic E-state index is 3.74. The van der Waals surface area contributed by atoms with Gasteiger partial charge in [-0.05, 0) is 88.0 Å². The van der Waals surface area contributed by atoms with Gasteiger partial charge in [0.2, 0.25) is 0 Å². The minimum absolute atomic E-state index is 0.586. The van der Waals surface area contributed by atoms with E-state index in [1.807, 2.05) is 0 Å². The second-order valence-electron chi connectivity index (χ2n) is 7.22. The van der Waals surface area contributed by atoms with Crippen LogP contribution in [0.1, 0.15) is 51.4 Å². The van der Waals surface area contributed by atoms with E-state index < -0.39 is 0 Å². The molecule has 5 aliphatic rings. The molecule has 0 atom stereocenters. The van der Waals surface area contributed by atoms with Crippen LogP contribution in [0.25, 0.3) is 0 Å². The predicted octanol–water partition coefficient (Wildman–Crippen LogP) is 3.20. The molecule has 0 unspecified atom stereocenters. The van der Waals surface area contributed by atoms with Crippen LogP contribution in [-0.4, -0.2) is 12.6 Å². The molecule has 0 aromatic heterocycles. The molecular formula is C15H25N. The largest absolute Gasteiger partial charge is 0.314 e. The molecule has 0 heterocycles. The van der Waals surface area contributed by atoms with Crippen molar-refractivity contribution >= 4 is 0 Å². The van der Waals surface area contributed by atoms with Crippen molar-refractivity contribution in [1.29, 1.82) is 0 Å². The first-order valence-corrected chi connectivity index (χ1v) is 7.49. The second-order valence-corrected chi connectivity index (χ2v) is 7.22. The Morgan fingerprint density at radius 3 is 1.81 bits per heavy atom. The highest BCUT2D eigenvalue weighted by atomic mass is 15.0. The Bertz CT molecular complexity index is 258. The number of hydrogen-bond acceptors (Lipinski definition) is 1. The monoisotopic (exact) mass is 219 g/mol. The average molecular weight is 219 g/mol. The lowest BCUT2D eigenvalue weighted by Gasteiger charge is -2.62. The fourth-order valence-electron chi connectivity index (χ4n) is 6.14. The molecule has 0 saturated heterocycles. The van der Waals surface area contributed by atoms with Crippen LogP contribution in [-0.2, 0) is 0 Å². The van der Waals surface area contributed by atoms with Gasteiger partial charge in [-0.25, -0.2) is 0 Å². The fraction of sp³-hybridized carbons (Fsp3) is 1.00. The van der Waals surface area contributed by atoms with Crippen molar-refractivity contribution in [2.45, 2.75) is 56.9 Å². The van der Waals surface area contributed by atoms with E-state index in [9.17, 15) is 0 Å². The first kappa shape index (κ1) is 9.94. The Hall–Kier alpha value is -0.0400. The van der Waals surface area contributed by atoms with E-state index in [4.69, 9.17) is 0 Å². The van der Waals surface area contributed by atoms with Crippen molar-refractivity contribution in [2.75, 3.05) is 7.05 Å². The molecule has 5 saturated carbocycles. The van der Waals surface area contributed by atoms with Crippen LogP contribution >= 0.6 is 0 Å². The number of nitrogens with one attached hydrogen (secondary N) is 1. The molecule has 0 radical (unpaired) electrons. The molecule has 0 aromatic rings. The normalized spacial score (nSPS) is 52.7. The molecule has 4 bridgehead atoms. The summed E-state index contributed by atoms with van der Waals surface area (Å²) in [5, 5.41) is 3.74. The van der Waals surface area contributed by atoms with Crippen LogP contribution in [0.4, 0.5) is 0 Å². The summed E-state index contributed by atoms with van der Waals surface area (Å²) in [4.78, 5) is 0. The van der Waals surface area contributed by atoms with Gasteiger partial charge in [-0.3, -0.25) is 0 Å². The summed E-state index contributed by atoms with van der Waals surface area (Å²) < 4.78 is 0. The van der Waals surface area contributed by atoms with E-state index >= 15 is 0 Å². The third kappa shape index (κ3) is 1.16. The zero-order chi connectivity index (χ0) is 10.8. The van der Waals surface area contributed by atoms with E-state index in [1.54, 1.807) is 32.1 Å². The highest BCUT2D eigenvalue weighted by Crippen LogP contribution is 2.61. The van der Waals surface area contributed by atoms with Gasteiger partial charge < -0.3 is 5.32 Å². The molecule has 0 aromatic carbocycles. The molecule has 0 spiro atoms. The third-order valence-corrected chi connectivity index (χ3v) is 6.61. The molecule has 5 rings (SSSR count). The van der Waals surface area contributed by atoms with Gasteiger partial charge in [-0.1, -0.05) is 0 Å². The quantitative estimate of drug-likeness (QED) is 0.752. The van der Waals surface area contributed by atoms with Gasteiger partial charge in [0, 0.05) is 5.54 Å². The van der Waals surface area contributed by atoms with Crippen LogP contribution in [0.3, 0.4) is 0 Å². The van der Waals surface area contributed by atoms with Crippen molar-refractivity contribution in [3.05, 3.63) is 0 Å². The van der Waals surface area contributed by atoms with Crippen LogP contribution in [0.15, 0.2) is 0 Å². The lowest BCUT2D eigenvalue weighted by Crippen LogP contribution is -2.63. The maximum atomic E-state index is 3.74. The summed E-state index contributed by atoms with van der Waals surface area (Å²) in [6, 6.07) is 0. The first-order chi connectivity index (χ1) is 7.81. The average Bonchev–Trinajstić information content (AvgIpc) is 2.19. The van der Waals surface area contributed by atoms with E-state index in [-0.39, 0.29) is 0 Å². The lowest BCUT2D eigenvalue weighted by molar-refractivity contribution is -0.0971. The van der Waals surface area contributed by atoms with Gasteiger partial charge in [-0.2, -0.15) is 0 Å². The molecule has 1 N–H and O–H groups in total. The maximum Gasteiger partial charge on any atom is 0.0212 e. The van der Waals surface area contributed by atoms with Crippen LogP contribution < -0.4 is 5.32 Å². The van der Waals surface area contributed by atoms with Crippen molar-refractivity contribution in [1.82, 2.24) is 5.32 Å². The Morgan fingerprint density at radius 1 is 0.875 bits per heavy atom. The summed E-state index contributed by atoms with van der Waals surface area (Å²) in [5.41, 5.74) is 0.586. The summed E-state index contributed by atoms with van der Waals surface area (Å²) in [7, 11) is 2.23. The highest BCUT2D eigenvalue weighted by molar-refractivity contribution is 5.10. The van der Waals surface area contributed by atoms with Crippen molar-refractivity contribution < 1.29 is 0 Å². The molecule has 90 valence electrons. The van der Waals surface area contributed by atoms with Crippen molar-refractivity contribution in [2.24, 2.45) is 29.6 Å². The van der Waals surface area contributed by atoms with Crippen LogP contribution in [0.5, 0.6) is 0 Å². The van der Waals surface area contributed by atoms with E-state index in [2.05, 4.69) is 12.4 Å². The topological polar surface area (TPSA) is 12.0 Å². The Labute approximate surface area is 99.4 Å². The fourth-order valence-corrected chi connectivity index (χ4v) is 6.14. The standard InChI is InChI=1S/C15H25N/c1-16-15(3-2-4-15)14-12-6-10-5-11(8-12)9-13(14)7-10/h10-14,16H,2-9H2,1H3. The van der Waals surface area contributed by atoms with E-state index in [0.29, 0.717) is 5.54 Å². The molecule has 5 fully saturated rings. The molecule has 5 aliphatic carbocycles. The predicted molar refractivity (Wildman–Crippen MR) is 66.2 cm³/mol. The van der Waals surface area contributed by atoms with Gasteiger partial charge in [0.05, 0.1) is 0 Å². The molecule has 0 aliphatic heterocycles. The first-order valence-electron chi connectivity index (χ1n) is 7.49. The van der Waals surface area contributed by atoms with Crippen LogP contribution in [0.2, 0.25) is 0 Å². The zero-order valence-electron chi connectivity index (χ0n) is 10.5. The minimum Gasteiger partial charge on any atom is -0.314 e. The molecular weight excluding hydrogens is 194 g/mol. The summed E-state index contributed by atoms with van der Waals surface area (Å²) in [6.07, 6.45) is 12.3. The van der Waals surface area contributed by atoms with Gasteiger partial charge in [0.25, 0.3) is 0 Å². The summed E-state index contributed by atoms with van der Waals surface area (Å²) in [5.74, 6) is 5.52. The number of hydrogen-bond donors (Lipinski definition) is 1. The van der Waals surface area contributed by atoms with Crippen LogP contribution in [0, 0.1) is 29.6 Å². The van der Waals surface area contributed by atoms with Gasteiger partial charge in [0.1, 0.15) is 0 Å². The van der Waals surface area contributed by atoms with Gasteiger partial charge in [0.15, 0.2) is 0 Å². The molecule has 0 amide bonds. The Balaban J connectivity index is 1.64. The SMILES string of the molecule is CNC1(C2C3CC4CC(C3)CC2C4)CCC1. The molecule has 1 nitrogen and oxygen atoms in total. The van der Waals surface area contributed by atoms with Gasteiger partial charge in [-0.15, -0.1) is 0 Å². The third-order valence-electron chi connectivity index (χ3n) is 6.61. The van der Waals surface area contributed by atoms with E-state index in [1.165, 1.54) is 19.3 Å².